The minimum atomic E-state index is -2.60. The van der Waals surface area contributed by atoms with Crippen molar-refractivity contribution in [2.75, 3.05) is 0 Å². The summed E-state index contributed by atoms with van der Waals surface area (Å²) >= 11 is 7.24. The third kappa shape index (κ3) is 2.12. The van der Waals surface area contributed by atoms with Crippen LogP contribution in [0.4, 0.5) is 8.78 Å². The van der Waals surface area contributed by atoms with Crippen molar-refractivity contribution >= 4 is 28.6 Å². The third-order valence-electron chi connectivity index (χ3n) is 2.05. The minimum absolute atomic E-state index is 0.190. The van der Waals surface area contributed by atoms with Crippen molar-refractivity contribution in [2.45, 2.75) is 11.3 Å². The summed E-state index contributed by atoms with van der Waals surface area (Å²) in [6.07, 6.45) is -1.29. The highest BCUT2D eigenvalue weighted by Crippen LogP contribution is 2.28. The number of hydrogen-bond acceptors (Lipinski definition) is 2. The first-order chi connectivity index (χ1) is 7.59. The molecule has 0 atom stereocenters. The van der Waals surface area contributed by atoms with Gasteiger partial charge < -0.3 is 0 Å². The maximum absolute atomic E-state index is 12.8. The lowest BCUT2D eigenvalue weighted by Crippen LogP contribution is -2.02. The second-order valence-electron chi connectivity index (χ2n) is 3.11. The topological polar surface area (TPSA) is 17.8 Å². The third-order valence-corrected chi connectivity index (χ3v) is 2.88. The van der Waals surface area contributed by atoms with E-state index in [-0.39, 0.29) is 10.6 Å². The number of rotatable bonds is 2. The van der Waals surface area contributed by atoms with Gasteiger partial charge >= 0.3 is 0 Å². The van der Waals surface area contributed by atoms with Gasteiger partial charge in [0.1, 0.15) is 5.69 Å². The summed E-state index contributed by atoms with van der Waals surface area (Å²) in [5, 5.41) is 3.89. The Labute approximate surface area is 105 Å². The molecular formula is C10H7BrF2N2S. The SMILES string of the molecule is FC(F)c1c(S)cnn1-c1cccc(Br)c1. The summed E-state index contributed by atoms with van der Waals surface area (Å²) < 4.78 is 27.6. The molecule has 84 valence electrons. The zero-order valence-corrected chi connectivity index (χ0v) is 10.4. The summed E-state index contributed by atoms with van der Waals surface area (Å²) in [4.78, 5) is 0.190. The van der Waals surface area contributed by atoms with Crippen molar-refractivity contribution in [1.82, 2.24) is 9.78 Å². The average molecular weight is 305 g/mol. The fourth-order valence-electron chi connectivity index (χ4n) is 1.37. The molecule has 16 heavy (non-hydrogen) atoms. The molecule has 0 aliphatic carbocycles. The first kappa shape index (κ1) is 11.6. The van der Waals surface area contributed by atoms with Gasteiger partial charge in [0.05, 0.1) is 16.8 Å². The molecule has 0 bridgehead atoms. The summed E-state index contributed by atoms with van der Waals surface area (Å²) in [7, 11) is 0. The van der Waals surface area contributed by atoms with E-state index in [1.54, 1.807) is 18.2 Å². The number of benzene rings is 1. The van der Waals surface area contributed by atoms with E-state index in [0.29, 0.717) is 5.69 Å². The number of aromatic nitrogens is 2. The molecule has 0 spiro atoms. The highest BCUT2D eigenvalue weighted by molar-refractivity contribution is 9.10. The summed E-state index contributed by atoms with van der Waals surface area (Å²) in [5.41, 5.74) is 0.381. The highest BCUT2D eigenvalue weighted by atomic mass is 79.9. The van der Waals surface area contributed by atoms with Crippen molar-refractivity contribution in [1.29, 1.82) is 0 Å². The van der Waals surface area contributed by atoms with Crippen LogP contribution in [0.1, 0.15) is 12.1 Å². The Kier molecular flexibility index (Phi) is 3.30. The van der Waals surface area contributed by atoms with Crippen molar-refractivity contribution in [2.24, 2.45) is 0 Å². The van der Waals surface area contributed by atoms with Crippen molar-refractivity contribution in [3.05, 3.63) is 40.6 Å². The minimum Gasteiger partial charge on any atom is -0.231 e. The van der Waals surface area contributed by atoms with Crippen LogP contribution in [0.5, 0.6) is 0 Å². The van der Waals surface area contributed by atoms with E-state index in [2.05, 4.69) is 33.7 Å². The Balaban J connectivity index is 2.56. The second kappa shape index (κ2) is 4.55. The lowest BCUT2D eigenvalue weighted by molar-refractivity contribution is 0.139. The standard InChI is InChI=1S/C10H7BrF2N2S/c11-6-2-1-3-7(4-6)15-9(10(12)13)8(16)5-14-15/h1-5,10,16H. The maximum atomic E-state index is 12.8. The fraction of sp³-hybridized carbons (Fsp3) is 0.100. The number of nitrogens with zero attached hydrogens (tertiary/aromatic N) is 2. The van der Waals surface area contributed by atoms with Gasteiger partial charge in [-0.3, -0.25) is 0 Å². The predicted molar refractivity (Wildman–Crippen MR) is 63.5 cm³/mol. The van der Waals surface area contributed by atoms with Crippen LogP contribution in [0, 0.1) is 0 Å². The van der Waals surface area contributed by atoms with Gasteiger partial charge in [-0.15, -0.1) is 12.6 Å². The number of alkyl halides is 2. The summed E-state index contributed by atoms with van der Waals surface area (Å²) in [6.45, 7) is 0. The van der Waals surface area contributed by atoms with Crippen LogP contribution in [0.2, 0.25) is 0 Å². The van der Waals surface area contributed by atoms with E-state index >= 15 is 0 Å². The second-order valence-corrected chi connectivity index (χ2v) is 4.50. The molecule has 0 unspecified atom stereocenters. The molecule has 0 fully saturated rings. The van der Waals surface area contributed by atoms with E-state index in [4.69, 9.17) is 0 Å². The van der Waals surface area contributed by atoms with E-state index in [1.165, 1.54) is 10.9 Å². The molecule has 0 saturated heterocycles. The molecule has 0 N–H and O–H groups in total. The summed E-state index contributed by atoms with van der Waals surface area (Å²) in [5.74, 6) is 0. The van der Waals surface area contributed by atoms with Crippen LogP contribution in [-0.2, 0) is 0 Å². The van der Waals surface area contributed by atoms with Gasteiger partial charge in [0.25, 0.3) is 6.43 Å². The molecular weight excluding hydrogens is 298 g/mol. The molecule has 1 aromatic carbocycles. The number of halogens is 3. The van der Waals surface area contributed by atoms with Gasteiger partial charge in [-0.1, -0.05) is 22.0 Å². The molecule has 0 amide bonds. The van der Waals surface area contributed by atoms with Crippen LogP contribution < -0.4 is 0 Å². The molecule has 2 aromatic rings. The quantitative estimate of drug-likeness (QED) is 0.834. The highest BCUT2D eigenvalue weighted by Gasteiger charge is 2.19. The zero-order chi connectivity index (χ0) is 11.7. The molecule has 0 radical (unpaired) electrons. The van der Waals surface area contributed by atoms with Crippen LogP contribution in [-0.4, -0.2) is 9.78 Å². The van der Waals surface area contributed by atoms with Crippen LogP contribution in [0.3, 0.4) is 0 Å². The lowest BCUT2D eigenvalue weighted by Gasteiger charge is -2.07. The number of thiol groups is 1. The molecule has 2 nitrogen and oxygen atoms in total. The first-order valence-corrected chi connectivity index (χ1v) is 5.64. The van der Waals surface area contributed by atoms with Gasteiger partial charge in [0.2, 0.25) is 0 Å². The average Bonchev–Trinajstić information content (AvgIpc) is 2.60. The summed E-state index contributed by atoms with van der Waals surface area (Å²) in [6, 6.07) is 6.99. The van der Waals surface area contributed by atoms with Gasteiger partial charge in [-0.25, -0.2) is 13.5 Å². The molecule has 6 heteroatoms. The molecule has 0 aliphatic heterocycles. The number of hydrogen-bond donors (Lipinski definition) is 1. The van der Waals surface area contributed by atoms with Gasteiger partial charge in [-0.2, -0.15) is 5.10 Å². The van der Waals surface area contributed by atoms with E-state index in [9.17, 15) is 8.78 Å². The molecule has 1 aromatic heterocycles. The molecule has 0 aliphatic rings. The van der Waals surface area contributed by atoms with E-state index in [1.807, 2.05) is 6.07 Å². The van der Waals surface area contributed by atoms with Gasteiger partial charge in [0.15, 0.2) is 0 Å². The van der Waals surface area contributed by atoms with E-state index < -0.39 is 6.43 Å². The lowest BCUT2D eigenvalue weighted by atomic mass is 10.3. The monoisotopic (exact) mass is 304 g/mol. The largest absolute Gasteiger partial charge is 0.281 e. The predicted octanol–water partition coefficient (Wildman–Crippen LogP) is 3.86. The molecule has 0 saturated carbocycles. The van der Waals surface area contributed by atoms with Crippen molar-refractivity contribution in [3.8, 4) is 5.69 Å². The van der Waals surface area contributed by atoms with Crippen molar-refractivity contribution < 1.29 is 8.78 Å². The fourth-order valence-corrected chi connectivity index (χ4v) is 2.00. The normalized spacial score (nSPS) is 11.1. The Hall–Kier alpha value is -0.880. The molecule has 2 rings (SSSR count). The first-order valence-electron chi connectivity index (χ1n) is 4.40. The molecule has 1 heterocycles. The van der Waals surface area contributed by atoms with Gasteiger partial charge in [-0.05, 0) is 18.2 Å². The smallest absolute Gasteiger partial charge is 0.231 e. The zero-order valence-electron chi connectivity index (χ0n) is 7.94. The Morgan fingerprint density at radius 2 is 2.12 bits per heavy atom. The van der Waals surface area contributed by atoms with E-state index in [0.717, 1.165) is 4.47 Å². The van der Waals surface area contributed by atoms with Gasteiger partial charge in [0, 0.05) is 4.47 Å². The van der Waals surface area contributed by atoms with Crippen molar-refractivity contribution in [3.63, 3.8) is 0 Å². The Bertz CT molecular complexity index is 513. The Morgan fingerprint density at radius 3 is 2.75 bits per heavy atom. The van der Waals surface area contributed by atoms with Crippen LogP contribution >= 0.6 is 28.6 Å². The van der Waals surface area contributed by atoms with Crippen LogP contribution in [0.25, 0.3) is 5.69 Å². The Morgan fingerprint density at radius 1 is 1.38 bits per heavy atom. The maximum Gasteiger partial charge on any atom is 0.281 e. The van der Waals surface area contributed by atoms with Crippen LogP contribution in [0.15, 0.2) is 39.8 Å².